The molecule has 5 heteroatoms. The van der Waals surface area contributed by atoms with Crippen molar-refractivity contribution in [2.45, 2.75) is 26.3 Å². The number of H-pyrrole nitrogens is 1. The van der Waals surface area contributed by atoms with Gasteiger partial charge in [-0.25, -0.2) is 5.10 Å². The summed E-state index contributed by atoms with van der Waals surface area (Å²) in [6.45, 7) is 4.56. The number of aromatic amines is 1. The molecule has 1 aromatic heterocycles. The first-order chi connectivity index (χ1) is 9.61. The molecule has 0 aliphatic heterocycles. The van der Waals surface area contributed by atoms with E-state index in [2.05, 4.69) is 17.1 Å². The van der Waals surface area contributed by atoms with E-state index < -0.39 is 6.04 Å². The zero-order valence-electron chi connectivity index (χ0n) is 11.7. The summed E-state index contributed by atoms with van der Waals surface area (Å²) in [5.41, 5.74) is 8.01. The fraction of sp³-hybridized carbons (Fsp3) is 0.333. The van der Waals surface area contributed by atoms with E-state index in [1.807, 2.05) is 31.2 Å². The Morgan fingerprint density at radius 3 is 2.70 bits per heavy atom. The first-order valence-corrected chi connectivity index (χ1v) is 6.66. The van der Waals surface area contributed by atoms with Crippen LogP contribution in [0.25, 0.3) is 0 Å². The molecule has 0 amide bonds. The molecule has 0 spiro atoms. The average molecular weight is 273 g/mol. The predicted octanol–water partition coefficient (Wildman–Crippen LogP) is 1.92. The minimum atomic E-state index is -0.472. The molecule has 2 aromatic rings. The fourth-order valence-corrected chi connectivity index (χ4v) is 1.93. The molecule has 1 atom stereocenters. The molecule has 1 aromatic carbocycles. The number of benzene rings is 1. The molecule has 0 saturated heterocycles. The molecular formula is C15H19N3O2. The minimum absolute atomic E-state index is 0.255. The monoisotopic (exact) mass is 273 g/mol. The molecule has 1 unspecified atom stereocenters. The highest BCUT2D eigenvalue weighted by Gasteiger charge is 2.13. The number of nitrogens with zero attached hydrogens (tertiary/aromatic N) is 1. The summed E-state index contributed by atoms with van der Waals surface area (Å²) in [7, 11) is 0. The summed E-state index contributed by atoms with van der Waals surface area (Å²) in [5, 5.41) is 6.30. The molecule has 0 saturated carbocycles. The topological polar surface area (TPSA) is 81.0 Å². The molecule has 0 aliphatic carbocycles. The van der Waals surface area contributed by atoms with Crippen LogP contribution in [0.2, 0.25) is 0 Å². The van der Waals surface area contributed by atoms with E-state index in [1.54, 1.807) is 6.07 Å². The fourth-order valence-electron chi connectivity index (χ4n) is 1.93. The lowest BCUT2D eigenvalue weighted by Gasteiger charge is -2.13. The van der Waals surface area contributed by atoms with Crippen LogP contribution in [0.5, 0.6) is 5.75 Å². The maximum absolute atomic E-state index is 11.8. The Hall–Kier alpha value is -2.14. The number of ether oxygens (including phenoxy) is 1. The lowest BCUT2D eigenvalue weighted by Crippen LogP contribution is -2.23. The molecular weight excluding hydrogens is 254 g/mol. The van der Waals surface area contributed by atoms with Crippen LogP contribution >= 0.6 is 0 Å². The highest BCUT2D eigenvalue weighted by Crippen LogP contribution is 2.20. The van der Waals surface area contributed by atoms with Crippen molar-refractivity contribution in [1.29, 1.82) is 0 Å². The minimum Gasteiger partial charge on any atom is -0.494 e. The number of nitrogens with two attached hydrogens (primary N) is 1. The third-order valence-electron chi connectivity index (χ3n) is 3.01. The molecule has 20 heavy (non-hydrogen) atoms. The molecule has 2 rings (SSSR count). The second-order valence-electron chi connectivity index (χ2n) is 4.69. The lowest BCUT2D eigenvalue weighted by molar-refractivity contribution is 0.317. The first kappa shape index (κ1) is 14.3. The van der Waals surface area contributed by atoms with E-state index in [9.17, 15) is 4.79 Å². The van der Waals surface area contributed by atoms with Crippen molar-refractivity contribution >= 4 is 0 Å². The van der Waals surface area contributed by atoms with E-state index in [-0.39, 0.29) is 5.56 Å². The number of aromatic nitrogens is 2. The molecule has 0 bridgehead atoms. The van der Waals surface area contributed by atoms with Crippen LogP contribution in [0.1, 0.15) is 36.2 Å². The SMILES string of the molecule is CCCOc1ccc(C(N)c2cc(C)n[nH]c2=O)cc1. The van der Waals surface area contributed by atoms with Crippen molar-refractivity contribution in [3.05, 3.63) is 57.5 Å². The van der Waals surface area contributed by atoms with E-state index in [0.717, 1.165) is 23.4 Å². The van der Waals surface area contributed by atoms with Crippen molar-refractivity contribution in [2.24, 2.45) is 5.73 Å². The normalized spacial score (nSPS) is 12.2. The average Bonchev–Trinajstić information content (AvgIpc) is 2.47. The van der Waals surface area contributed by atoms with Crippen molar-refractivity contribution in [1.82, 2.24) is 10.2 Å². The van der Waals surface area contributed by atoms with Gasteiger partial charge in [0.2, 0.25) is 0 Å². The Kier molecular flexibility index (Phi) is 4.53. The van der Waals surface area contributed by atoms with E-state index in [0.29, 0.717) is 12.2 Å². The predicted molar refractivity (Wildman–Crippen MR) is 77.9 cm³/mol. The second-order valence-corrected chi connectivity index (χ2v) is 4.69. The molecule has 3 N–H and O–H groups in total. The van der Waals surface area contributed by atoms with Gasteiger partial charge < -0.3 is 10.5 Å². The standard InChI is InChI=1S/C15H19N3O2/c1-3-8-20-12-6-4-11(5-7-12)14(16)13-9-10(2)17-18-15(13)19/h4-7,9,14H,3,8,16H2,1-2H3,(H,18,19). The van der Waals surface area contributed by atoms with E-state index in [1.165, 1.54) is 0 Å². The Balaban J connectivity index is 2.22. The lowest BCUT2D eigenvalue weighted by atomic mass is 10.0. The van der Waals surface area contributed by atoms with Gasteiger partial charge in [0.05, 0.1) is 18.3 Å². The van der Waals surface area contributed by atoms with Crippen molar-refractivity contribution in [3.63, 3.8) is 0 Å². The molecule has 0 aliphatic rings. The Morgan fingerprint density at radius 1 is 1.35 bits per heavy atom. The summed E-state index contributed by atoms with van der Waals surface area (Å²) in [6.07, 6.45) is 0.965. The first-order valence-electron chi connectivity index (χ1n) is 6.66. The van der Waals surface area contributed by atoms with Gasteiger partial charge in [-0.2, -0.15) is 5.10 Å². The van der Waals surface area contributed by atoms with Crippen LogP contribution < -0.4 is 16.0 Å². The summed E-state index contributed by atoms with van der Waals surface area (Å²) in [5.74, 6) is 0.808. The molecule has 5 nitrogen and oxygen atoms in total. The summed E-state index contributed by atoms with van der Waals surface area (Å²) >= 11 is 0. The number of aryl methyl sites for hydroxylation is 1. The van der Waals surface area contributed by atoms with Crippen molar-refractivity contribution in [2.75, 3.05) is 6.61 Å². The zero-order valence-corrected chi connectivity index (χ0v) is 11.7. The highest BCUT2D eigenvalue weighted by atomic mass is 16.5. The van der Waals surface area contributed by atoms with Crippen LogP contribution in [0.4, 0.5) is 0 Å². The third kappa shape index (κ3) is 3.24. The summed E-state index contributed by atoms with van der Waals surface area (Å²) in [6, 6.07) is 8.74. The van der Waals surface area contributed by atoms with Crippen LogP contribution in [-0.4, -0.2) is 16.8 Å². The van der Waals surface area contributed by atoms with Gasteiger partial charge in [0, 0.05) is 5.56 Å². The number of hydrogen-bond acceptors (Lipinski definition) is 4. The largest absolute Gasteiger partial charge is 0.494 e. The molecule has 106 valence electrons. The Morgan fingerprint density at radius 2 is 2.05 bits per heavy atom. The van der Waals surface area contributed by atoms with Crippen molar-refractivity contribution < 1.29 is 4.74 Å². The number of nitrogens with one attached hydrogen (secondary N) is 1. The van der Waals surface area contributed by atoms with Crippen molar-refractivity contribution in [3.8, 4) is 5.75 Å². The quantitative estimate of drug-likeness (QED) is 0.872. The maximum Gasteiger partial charge on any atom is 0.269 e. The van der Waals surface area contributed by atoms with Gasteiger partial charge in [-0.3, -0.25) is 4.79 Å². The zero-order chi connectivity index (χ0) is 14.5. The van der Waals surface area contributed by atoms with E-state index in [4.69, 9.17) is 10.5 Å². The van der Waals surface area contributed by atoms with Gasteiger partial charge in [0.1, 0.15) is 5.75 Å². The van der Waals surface area contributed by atoms with Crippen LogP contribution in [-0.2, 0) is 0 Å². The molecule has 0 fully saturated rings. The molecule has 1 heterocycles. The molecule has 0 radical (unpaired) electrons. The van der Waals surface area contributed by atoms with E-state index >= 15 is 0 Å². The Labute approximate surface area is 117 Å². The van der Waals surface area contributed by atoms with Gasteiger partial charge >= 0.3 is 0 Å². The van der Waals surface area contributed by atoms with Gasteiger partial charge in [-0.15, -0.1) is 0 Å². The number of hydrogen-bond donors (Lipinski definition) is 2. The van der Waals surface area contributed by atoms with Gasteiger partial charge in [-0.1, -0.05) is 19.1 Å². The third-order valence-corrected chi connectivity index (χ3v) is 3.01. The summed E-state index contributed by atoms with van der Waals surface area (Å²) < 4.78 is 5.52. The van der Waals surface area contributed by atoms with Crippen LogP contribution in [0.3, 0.4) is 0 Å². The van der Waals surface area contributed by atoms with Crippen LogP contribution in [0, 0.1) is 6.92 Å². The Bertz CT molecular complexity index is 620. The second kappa shape index (κ2) is 6.34. The smallest absolute Gasteiger partial charge is 0.269 e. The number of rotatable bonds is 5. The van der Waals surface area contributed by atoms with Gasteiger partial charge in [0.15, 0.2) is 0 Å². The maximum atomic E-state index is 11.8. The highest BCUT2D eigenvalue weighted by molar-refractivity contribution is 5.34. The van der Waals surface area contributed by atoms with Gasteiger partial charge in [-0.05, 0) is 37.1 Å². The van der Waals surface area contributed by atoms with Crippen LogP contribution in [0.15, 0.2) is 35.1 Å². The van der Waals surface area contributed by atoms with Gasteiger partial charge in [0.25, 0.3) is 5.56 Å². The summed E-state index contributed by atoms with van der Waals surface area (Å²) in [4.78, 5) is 11.8.